The van der Waals surface area contributed by atoms with Crippen LogP contribution in [0.4, 0.5) is 0 Å². The van der Waals surface area contributed by atoms with E-state index in [0.29, 0.717) is 29.4 Å². The third-order valence-corrected chi connectivity index (χ3v) is 5.34. The Kier molecular flexibility index (Phi) is 7.55. The van der Waals surface area contributed by atoms with Crippen molar-refractivity contribution in [2.24, 2.45) is 11.7 Å². The molecule has 9 heteroatoms. The van der Waals surface area contributed by atoms with Gasteiger partial charge >= 0.3 is 0 Å². The van der Waals surface area contributed by atoms with Crippen molar-refractivity contribution >= 4 is 41.8 Å². The molecule has 30 heavy (non-hydrogen) atoms. The Morgan fingerprint density at radius 2 is 2.00 bits per heavy atom. The molecular weight excluding hydrogens is 425 g/mol. The summed E-state index contributed by atoms with van der Waals surface area (Å²) >= 11 is 0. The average molecular weight is 454 g/mol. The molecule has 3 N–H and O–H groups in total. The lowest BCUT2D eigenvalue weighted by molar-refractivity contribution is 0.0952. The molecule has 0 aliphatic heterocycles. The molecule has 4 rings (SSSR count). The van der Waals surface area contributed by atoms with Gasteiger partial charge in [-0.3, -0.25) is 4.79 Å². The number of fused-ring (bicyclic) bond motifs is 1. The molecule has 1 fully saturated rings. The summed E-state index contributed by atoms with van der Waals surface area (Å²) in [5.41, 5.74) is 9.01. The number of carbonyl (C=O) groups is 1. The molecule has 1 atom stereocenters. The summed E-state index contributed by atoms with van der Waals surface area (Å²) in [6.45, 7) is 8.37. The van der Waals surface area contributed by atoms with Gasteiger partial charge in [0.15, 0.2) is 5.65 Å². The van der Waals surface area contributed by atoms with Crippen molar-refractivity contribution in [1.29, 1.82) is 0 Å². The maximum Gasteiger partial charge on any atom is 0.252 e. The Hall–Kier alpha value is -2.09. The van der Waals surface area contributed by atoms with Crippen LogP contribution in [0.2, 0.25) is 0 Å². The quantitative estimate of drug-likeness (QED) is 0.582. The van der Waals surface area contributed by atoms with Gasteiger partial charge < -0.3 is 15.5 Å². The number of hydrogen-bond donors (Lipinski definition) is 2. The Morgan fingerprint density at radius 3 is 2.57 bits per heavy atom. The van der Waals surface area contributed by atoms with Crippen LogP contribution in [0.25, 0.3) is 22.3 Å². The van der Waals surface area contributed by atoms with Gasteiger partial charge in [0.25, 0.3) is 5.91 Å². The number of amides is 1. The molecule has 0 saturated heterocycles. The lowest BCUT2D eigenvalue weighted by atomic mass is 10.1. The van der Waals surface area contributed by atoms with E-state index in [2.05, 4.69) is 10.4 Å². The number of carbonyl (C=O) groups excluding carboxylic acids is 1. The summed E-state index contributed by atoms with van der Waals surface area (Å²) in [7, 11) is 0. The van der Waals surface area contributed by atoms with E-state index in [0.717, 1.165) is 35.3 Å². The predicted octanol–water partition coefficient (Wildman–Crippen LogP) is 4.20. The average Bonchev–Trinajstić information content (AvgIpc) is 3.32. The van der Waals surface area contributed by atoms with Gasteiger partial charge in [-0.25, -0.2) is 9.67 Å². The van der Waals surface area contributed by atoms with Crippen molar-refractivity contribution in [1.82, 2.24) is 20.1 Å². The third-order valence-electron chi connectivity index (χ3n) is 5.34. The van der Waals surface area contributed by atoms with Crippen LogP contribution in [0.5, 0.6) is 0 Å². The molecular formula is C21H29Cl2N5O2. The van der Waals surface area contributed by atoms with Gasteiger partial charge in [-0.15, -0.1) is 24.8 Å². The summed E-state index contributed by atoms with van der Waals surface area (Å²) in [4.78, 5) is 17.8. The van der Waals surface area contributed by atoms with E-state index in [9.17, 15) is 4.79 Å². The van der Waals surface area contributed by atoms with Crippen LogP contribution in [0.15, 0.2) is 22.7 Å². The first-order chi connectivity index (χ1) is 13.3. The number of aromatic nitrogens is 3. The van der Waals surface area contributed by atoms with E-state index in [1.165, 1.54) is 0 Å². The highest BCUT2D eigenvalue weighted by Gasteiger charge is 2.29. The number of pyridine rings is 1. The van der Waals surface area contributed by atoms with E-state index in [-0.39, 0.29) is 42.8 Å². The van der Waals surface area contributed by atoms with Crippen LogP contribution in [0.3, 0.4) is 0 Å². The molecule has 1 unspecified atom stereocenters. The van der Waals surface area contributed by atoms with Gasteiger partial charge in [-0.05, 0) is 58.6 Å². The first-order valence-electron chi connectivity index (χ1n) is 9.84. The molecule has 0 radical (unpaired) electrons. The van der Waals surface area contributed by atoms with Crippen LogP contribution in [-0.4, -0.2) is 33.3 Å². The molecule has 0 spiro atoms. The smallest absolute Gasteiger partial charge is 0.252 e. The highest BCUT2D eigenvalue weighted by atomic mass is 35.5. The second kappa shape index (κ2) is 9.37. The first-order valence-corrected chi connectivity index (χ1v) is 9.84. The maximum atomic E-state index is 13.0. The summed E-state index contributed by atoms with van der Waals surface area (Å²) in [5.74, 6) is 1.98. The maximum absolute atomic E-state index is 13.0. The minimum Gasteiger partial charge on any atom is -0.466 e. The van der Waals surface area contributed by atoms with E-state index in [1.807, 2.05) is 44.5 Å². The second-order valence-corrected chi connectivity index (χ2v) is 8.01. The Labute approximate surface area is 188 Å². The zero-order valence-electron chi connectivity index (χ0n) is 17.6. The number of nitrogens with zero attached hydrogens (tertiary/aromatic N) is 3. The predicted molar refractivity (Wildman–Crippen MR) is 123 cm³/mol. The molecule has 1 aliphatic rings. The number of hydrogen-bond acceptors (Lipinski definition) is 5. The van der Waals surface area contributed by atoms with Crippen LogP contribution < -0.4 is 11.1 Å². The fraction of sp³-hybridized carbons (Fsp3) is 0.476. The molecule has 1 aliphatic carbocycles. The van der Waals surface area contributed by atoms with Gasteiger partial charge in [-0.1, -0.05) is 0 Å². The second-order valence-electron chi connectivity index (χ2n) is 8.01. The number of halogens is 2. The van der Waals surface area contributed by atoms with E-state index < -0.39 is 0 Å². The zero-order chi connectivity index (χ0) is 20.0. The van der Waals surface area contributed by atoms with Crippen molar-refractivity contribution in [2.45, 2.75) is 52.6 Å². The topological polar surface area (TPSA) is 99.0 Å². The largest absolute Gasteiger partial charge is 0.466 e. The van der Waals surface area contributed by atoms with Crippen LogP contribution in [-0.2, 0) is 0 Å². The summed E-state index contributed by atoms with van der Waals surface area (Å²) < 4.78 is 7.51. The van der Waals surface area contributed by atoms with Crippen LogP contribution >= 0.6 is 24.8 Å². The zero-order valence-corrected chi connectivity index (χ0v) is 19.3. The molecule has 7 nitrogen and oxygen atoms in total. The Balaban J connectivity index is 0.00000160. The first kappa shape index (κ1) is 24.2. The van der Waals surface area contributed by atoms with Crippen LogP contribution in [0.1, 0.15) is 54.6 Å². The lowest BCUT2D eigenvalue weighted by Crippen LogP contribution is -2.38. The van der Waals surface area contributed by atoms with E-state index in [1.54, 1.807) is 6.20 Å². The van der Waals surface area contributed by atoms with Crippen molar-refractivity contribution in [3.63, 3.8) is 0 Å². The highest BCUT2D eigenvalue weighted by molar-refractivity contribution is 6.06. The molecule has 3 aromatic rings. The number of aryl methyl sites for hydroxylation is 2. The minimum absolute atomic E-state index is 0. The summed E-state index contributed by atoms with van der Waals surface area (Å²) in [5, 5.41) is 8.20. The van der Waals surface area contributed by atoms with Crippen LogP contribution in [0, 0.1) is 19.8 Å². The monoisotopic (exact) mass is 453 g/mol. The minimum atomic E-state index is -0.147. The molecule has 0 bridgehead atoms. The fourth-order valence-corrected chi connectivity index (χ4v) is 3.60. The number of nitrogens with one attached hydrogen (secondary N) is 1. The third kappa shape index (κ3) is 4.63. The van der Waals surface area contributed by atoms with Gasteiger partial charge in [0, 0.05) is 24.2 Å². The SMILES string of the molecule is Cc1cc(-c2cc(C(=O)NCC(N)C3CC3)c3cnn(C(C)C)c3n2)c(C)o1.Cl.Cl. The lowest BCUT2D eigenvalue weighted by Gasteiger charge is -2.13. The van der Waals surface area contributed by atoms with Crippen molar-refractivity contribution in [3.05, 3.63) is 35.4 Å². The Bertz CT molecular complexity index is 1040. The highest BCUT2D eigenvalue weighted by Crippen LogP contribution is 2.32. The van der Waals surface area contributed by atoms with Crippen molar-refractivity contribution in [2.75, 3.05) is 6.54 Å². The van der Waals surface area contributed by atoms with Gasteiger partial charge in [-0.2, -0.15) is 5.10 Å². The van der Waals surface area contributed by atoms with Gasteiger partial charge in [0.1, 0.15) is 11.5 Å². The molecule has 164 valence electrons. The van der Waals surface area contributed by atoms with E-state index in [4.69, 9.17) is 15.1 Å². The standard InChI is InChI=1S/C21H27N5O2.2ClH/c1-11(2)26-20-17(9-24-26)16(21(27)23-10-18(22)14-5-6-14)8-19(25-20)15-7-12(3)28-13(15)4;;/h7-9,11,14,18H,5-6,10,22H2,1-4H3,(H,23,27);2*1H. The van der Waals surface area contributed by atoms with Crippen molar-refractivity contribution < 1.29 is 9.21 Å². The molecule has 0 aromatic carbocycles. The molecule has 3 heterocycles. The van der Waals surface area contributed by atoms with Gasteiger partial charge in [0.05, 0.1) is 22.8 Å². The molecule has 1 amide bonds. The number of furan rings is 1. The number of nitrogens with two attached hydrogens (primary N) is 1. The fourth-order valence-electron chi connectivity index (χ4n) is 3.60. The Morgan fingerprint density at radius 1 is 1.30 bits per heavy atom. The van der Waals surface area contributed by atoms with E-state index >= 15 is 0 Å². The molecule has 3 aromatic heterocycles. The van der Waals surface area contributed by atoms with Gasteiger partial charge in [0.2, 0.25) is 0 Å². The molecule has 1 saturated carbocycles. The van der Waals surface area contributed by atoms with Crippen molar-refractivity contribution in [3.8, 4) is 11.3 Å². The summed E-state index contributed by atoms with van der Waals surface area (Å²) in [6, 6.07) is 3.92. The summed E-state index contributed by atoms with van der Waals surface area (Å²) in [6.07, 6.45) is 4.03. The number of rotatable bonds is 6. The normalized spacial score (nSPS) is 14.3.